The largest absolute Gasteiger partial charge is 0.481 e. The second-order valence-electron chi connectivity index (χ2n) is 15.9. The number of carbonyl (C=O) groups is 10. The number of alkyl halides is 3. The van der Waals surface area contributed by atoms with E-state index in [9.17, 15) is 71.3 Å². The van der Waals surface area contributed by atoms with Crippen LogP contribution in [0.15, 0.2) is 24.3 Å². The third-order valence-corrected chi connectivity index (χ3v) is 10.2. The molecule has 1 aromatic rings. The van der Waals surface area contributed by atoms with Gasteiger partial charge in [0.05, 0.1) is 25.3 Å². The zero-order chi connectivity index (χ0) is 47.4. The summed E-state index contributed by atoms with van der Waals surface area (Å²) >= 11 is 0. The third kappa shape index (κ3) is 20.1. The van der Waals surface area contributed by atoms with Gasteiger partial charge in [0.15, 0.2) is 0 Å². The molecule has 0 saturated heterocycles. The van der Waals surface area contributed by atoms with Crippen molar-refractivity contribution >= 4 is 59.6 Å². The van der Waals surface area contributed by atoms with E-state index in [0.717, 1.165) is 6.42 Å². The predicted octanol–water partition coefficient (Wildman–Crippen LogP) is 1.43. The molecule has 1 saturated carbocycles. The summed E-state index contributed by atoms with van der Waals surface area (Å²) in [5.41, 5.74) is 1.23. The molecule has 0 radical (unpaired) electrons. The van der Waals surface area contributed by atoms with Gasteiger partial charge in [0.25, 0.3) is 0 Å². The monoisotopic (exact) mass is 898 g/mol. The van der Waals surface area contributed by atoms with Gasteiger partial charge in [-0.1, -0.05) is 57.4 Å². The third-order valence-electron chi connectivity index (χ3n) is 10.2. The molecule has 1 aliphatic rings. The van der Waals surface area contributed by atoms with E-state index in [4.69, 9.17) is 5.11 Å². The summed E-state index contributed by atoms with van der Waals surface area (Å²) < 4.78 is 39.3. The van der Waals surface area contributed by atoms with Crippen LogP contribution in [0.2, 0.25) is 0 Å². The van der Waals surface area contributed by atoms with Crippen molar-refractivity contribution in [3.05, 3.63) is 35.4 Å². The van der Waals surface area contributed by atoms with Crippen molar-refractivity contribution in [3.8, 4) is 0 Å². The Labute approximate surface area is 361 Å². The average molecular weight is 899 g/mol. The van der Waals surface area contributed by atoms with Crippen LogP contribution < -0.4 is 31.9 Å². The molecular formula is C41H57F3N6O13. The highest BCUT2D eigenvalue weighted by Crippen LogP contribution is 2.27. The number of benzene rings is 1. The number of carboxylic acids is 3. The maximum absolute atomic E-state index is 14.4. The van der Waals surface area contributed by atoms with Crippen LogP contribution >= 0.6 is 0 Å². The van der Waals surface area contributed by atoms with E-state index in [2.05, 4.69) is 26.6 Å². The highest BCUT2D eigenvalue weighted by Gasteiger charge is 2.38. The fraction of sp³-hybridized carbons (Fsp3) is 0.610. The fourth-order valence-electron chi connectivity index (χ4n) is 6.97. The Morgan fingerprint density at radius 2 is 1.24 bits per heavy atom. The summed E-state index contributed by atoms with van der Waals surface area (Å²) in [6.45, 7) is 5.10. The van der Waals surface area contributed by atoms with Crippen LogP contribution in [-0.4, -0.2) is 117 Å². The quantitative estimate of drug-likeness (QED) is 0.0596. The Hall–Kier alpha value is -6.09. The van der Waals surface area contributed by atoms with E-state index < -0.39 is 140 Å². The molecule has 6 amide bonds. The number of hydrogen-bond donors (Lipinski definition) is 9. The zero-order valence-electron chi connectivity index (χ0n) is 35.3. The first-order chi connectivity index (χ1) is 29.5. The number of aryl methyl sites for hydroxylation is 1. The fourth-order valence-corrected chi connectivity index (χ4v) is 6.97. The van der Waals surface area contributed by atoms with Crippen LogP contribution in [-0.2, 0) is 54.4 Å². The number of hydrogen-bond acceptors (Lipinski definition) is 10. The van der Waals surface area contributed by atoms with Crippen molar-refractivity contribution in [2.45, 2.75) is 147 Å². The molecule has 0 aromatic heterocycles. The lowest BCUT2D eigenvalue weighted by Gasteiger charge is -2.33. The minimum atomic E-state index is -4.79. The van der Waals surface area contributed by atoms with Gasteiger partial charge in [0, 0.05) is 19.3 Å². The molecule has 0 aliphatic heterocycles. The van der Waals surface area contributed by atoms with Gasteiger partial charge >= 0.3 is 24.1 Å². The molecule has 63 heavy (non-hydrogen) atoms. The summed E-state index contributed by atoms with van der Waals surface area (Å²) in [6, 6.07) is -3.07. The standard InChI is InChI=1S/C41H57F3N6O13/c1-22(2)17-28(37(60)45-26(21-51)20-41(42,43)44)49-40(63)35(24-10-5-4-6-11-24)50-39(62)29(18-25-12-8-7-9-23(25)3)48-36(59)27(13-15-32(53)54)47-38(61)30(19-34(57)58)46-31(52)14-16-33(55)56/h7-9,12,21-22,24,26-30,35H,4-6,10-11,13-20H2,1-3H3,(H,45,60)(H,46,52)(H,47,61)(H,48,59)(H,49,63)(H,50,62)(H,53,54)(H,55,56)(H,57,58)/t26?,27-,28-,29-,30-,35-/m0/s1. The van der Waals surface area contributed by atoms with Crippen LogP contribution in [0.3, 0.4) is 0 Å². The van der Waals surface area contributed by atoms with E-state index in [0.29, 0.717) is 36.8 Å². The minimum Gasteiger partial charge on any atom is -0.481 e. The van der Waals surface area contributed by atoms with Crippen molar-refractivity contribution in [2.75, 3.05) is 0 Å². The van der Waals surface area contributed by atoms with Crippen LogP contribution in [0.25, 0.3) is 0 Å². The molecule has 1 unspecified atom stereocenters. The van der Waals surface area contributed by atoms with E-state index in [1.165, 1.54) is 0 Å². The lowest BCUT2D eigenvalue weighted by atomic mass is 9.83. The first-order valence-electron chi connectivity index (χ1n) is 20.5. The van der Waals surface area contributed by atoms with Crippen LogP contribution in [0.5, 0.6) is 0 Å². The van der Waals surface area contributed by atoms with E-state index in [-0.39, 0.29) is 25.0 Å². The number of carbonyl (C=O) groups excluding carboxylic acids is 7. The minimum absolute atomic E-state index is 0.0603. The first-order valence-corrected chi connectivity index (χ1v) is 20.5. The maximum Gasteiger partial charge on any atom is 0.391 e. The number of amides is 6. The first kappa shape index (κ1) is 53.0. The number of aliphatic carboxylic acids is 3. The molecular weight excluding hydrogens is 841 g/mol. The van der Waals surface area contributed by atoms with Crippen LogP contribution in [0.1, 0.15) is 102 Å². The number of halogens is 3. The van der Waals surface area contributed by atoms with Crippen molar-refractivity contribution in [3.63, 3.8) is 0 Å². The Bertz CT molecular complexity index is 1800. The number of carboxylic acid groups (broad SMARTS) is 3. The molecule has 1 aromatic carbocycles. The van der Waals surface area contributed by atoms with Crippen molar-refractivity contribution < 1.29 is 76.4 Å². The SMILES string of the molecule is Cc1ccccc1C[C@H](NC(=O)[C@H](CCC(=O)O)NC(=O)[C@H](CC(=O)O)NC(=O)CCC(=O)O)C(=O)N[C@H](C(=O)N[C@@H](CC(C)C)C(=O)NC(C=O)CC(F)(F)F)C1CCCCC1. The molecule has 0 spiro atoms. The second kappa shape index (κ2) is 25.8. The van der Waals surface area contributed by atoms with E-state index in [1.807, 2.05) is 5.32 Å². The molecule has 19 nitrogen and oxygen atoms in total. The molecule has 350 valence electrons. The van der Waals surface area contributed by atoms with Crippen molar-refractivity contribution in [1.29, 1.82) is 0 Å². The second-order valence-corrected chi connectivity index (χ2v) is 15.9. The molecule has 22 heteroatoms. The number of rotatable bonds is 26. The topological polar surface area (TPSA) is 304 Å². The highest BCUT2D eigenvalue weighted by atomic mass is 19.4. The predicted molar refractivity (Wildman–Crippen MR) is 215 cm³/mol. The molecule has 0 bridgehead atoms. The van der Waals surface area contributed by atoms with Crippen molar-refractivity contribution in [1.82, 2.24) is 31.9 Å². The lowest BCUT2D eigenvalue weighted by molar-refractivity contribution is -0.147. The molecule has 9 N–H and O–H groups in total. The van der Waals surface area contributed by atoms with Crippen LogP contribution in [0, 0.1) is 18.8 Å². The summed E-state index contributed by atoms with van der Waals surface area (Å²) in [5, 5.41) is 41.8. The molecule has 6 atom stereocenters. The summed E-state index contributed by atoms with van der Waals surface area (Å²) in [4.78, 5) is 127. The van der Waals surface area contributed by atoms with Crippen LogP contribution in [0.4, 0.5) is 13.2 Å². The Morgan fingerprint density at radius 3 is 1.79 bits per heavy atom. The summed E-state index contributed by atoms with van der Waals surface area (Å²) in [7, 11) is 0. The van der Waals surface area contributed by atoms with Gasteiger partial charge in [-0.3, -0.25) is 43.2 Å². The molecule has 2 rings (SSSR count). The zero-order valence-corrected chi connectivity index (χ0v) is 35.3. The molecule has 1 fully saturated rings. The van der Waals surface area contributed by atoms with Gasteiger partial charge in [0.2, 0.25) is 35.4 Å². The summed E-state index contributed by atoms with van der Waals surface area (Å²) in [6.07, 6.45) is -7.31. The highest BCUT2D eigenvalue weighted by molar-refractivity contribution is 5.97. The molecule has 1 aliphatic carbocycles. The van der Waals surface area contributed by atoms with Gasteiger partial charge in [0.1, 0.15) is 36.5 Å². The Morgan fingerprint density at radius 1 is 0.683 bits per heavy atom. The summed E-state index contributed by atoms with van der Waals surface area (Å²) in [5.74, 6) is -11.3. The smallest absolute Gasteiger partial charge is 0.391 e. The maximum atomic E-state index is 14.4. The average Bonchev–Trinajstić information content (AvgIpc) is 3.19. The van der Waals surface area contributed by atoms with Gasteiger partial charge in [-0.15, -0.1) is 0 Å². The lowest BCUT2D eigenvalue weighted by Crippen LogP contribution is -2.61. The van der Waals surface area contributed by atoms with E-state index >= 15 is 0 Å². The Kier molecular flexibility index (Phi) is 21.7. The van der Waals surface area contributed by atoms with Gasteiger partial charge in [-0.2, -0.15) is 13.2 Å². The van der Waals surface area contributed by atoms with Gasteiger partial charge in [-0.25, -0.2) is 0 Å². The van der Waals surface area contributed by atoms with Gasteiger partial charge < -0.3 is 52.0 Å². The normalized spacial score (nSPS) is 15.9. The van der Waals surface area contributed by atoms with E-state index in [1.54, 1.807) is 45.0 Å². The molecule has 0 heterocycles. The number of aldehydes is 1. The van der Waals surface area contributed by atoms with Crippen molar-refractivity contribution in [2.24, 2.45) is 11.8 Å². The van der Waals surface area contributed by atoms with Gasteiger partial charge in [-0.05, 0) is 55.6 Å². The Balaban J connectivity index is 2.51. The number of nitrogens with one attached hydrogen (secondary N) is 6.